The number of aryl methyl sites for hydroxylation is 1. The van der Waals surface area contributed by atoms with Crippen molar-refractivity contribution >= 4 is 22.9 Å². The third kappa shape index (κ3) is 5.23. The number of thiophene rings is 1. The van der Waals surface area contributed by atoms with Gasteiger partial charge >= 0.3 is 0 Å². The summed E-state index contributed by atoms with van der Waals surface area (Å²) in [4.78, 5) is 17.8. The summed E-state index contributed by atoms with van der Waals surface area (Å²) in [5.41, 5.74) is 2.25. The van der Waals surface area contributed by atoms with Crippen LogP contribution in [0.3, 0.4) is 0 Å². The van der Waals surface area contributed by atoms with Crippen LogP contribution in [0.5, 0.6) is 5.75 Å². The van der Waals surface area contributed by atoms with Crippen molar-refractivity contribution < 1.29 is 9.53 Å². The maximum atomic E-state index is 12.1. The predicted octanol–water partition coefficient (Wildman–Crippen LogP) is 3.40. The van der Waals surface area contributed by atoms with Gasteiger partial charge in [-0.15, -0.1) is 11.3 Å². The number of hydrogen-bond donors (Lipinski definition) is 1. The Bertz CT molecular complexity index is 739. The van der Waals surface area contributed by atoms with Crippen molar-refractivity contribution in [2.24, 2.45) is 0 Å². The first kappa shape index (κ1) is 19.7. The lowest BCUT2D eigenvalue weighted by Crippen LogP contribution is -2.46. The second-order valence-corrected chi connectivity index (χ2v) is 7.81. The van der Waals surface area contributed by atoms with Gasteiger partial charge < -0.3 is 15.0 Å². The fourth-order valence-corrected chi connectivity index (χ4v) is 4.29. The van der Waals surface area contributed by atoms with E-state index in [1.165, 1.54) is 17.0 Å². The van der Waals surface area contributed by atoms with E-state index in [1.54, 1.807) is 7.11 Å². The number of para-hydroxylation sites is 2. The van der Waals surface area contributed by atoms with Crippen molar-refractivity contribution in [3.8, 4) is 5.75 Å². The van der Waals surface area contributed by atoms with Crippen LogP contribution in [0, 0.1) is 6.92 Å². The average Bonchev–Trinajstić information content (AvgIpc) is 3.14. The van der Waals surface area contributed by atoms with Crippen LogP contribution in [0.25, 0.3) is 0 Å². The standard InChI is InChI=1S/C21H29N3O2S/c1-17-9-16-27-20(17)21(25)22-10-5-6-11-23-12-14-24(15-13-23)18-7-3-4-8-19(18)26-2/h3-4,7-9,16H,5-6,10-15H2,1-2H3,(H,22,25). The minimum atomic E-state index is 0.0629. The van der Waals surface area contributed by atoms with E-state index in [2.05, 4.69) is 27.2 Å². The topological polar surface area (TPSA) is 44.8 Å². The molecule has 0 aliphatic carbocycles. The van der Waals surface area contributed by atoms with Crippen LogP contribution < -0.4 is 15.0 Å². The minimum absolute atomic E-state index is 0.0629. The lowest BCUT2D eigenvalue weighted by Gasteiger charge is -2.36. The number of hydrogen-bond acceptors (Lipinski definition) is 5. The second kappa shape index (κ2) is 9.76. The maximum Gasteiger partial charge on any atom is 0.261 e. The molecule has 1 N–H and O–H groups in total. The molecule has 0 spiro atoms. The van der Waals surface area contributed by atoms with E-state index in [4.69, 9.17) is 4.74 Å². The molecule has 1 fully saturated rings. The Morgan fingerprint density at radius 3 is 2.63 bits per heavy atom. The van der Waals surface area contributed by atoms with E-state index in [9.17, 15) is 4.79 Å². The summed E-state index contributed by atoms with van der Waals surface area (Å²) in [6.07, 6.45) is 2.13. The molecule has 3 rings (SSSR count). The Hall–Kier alpha value is -2.05. The van der Waals surface area contributed by atoms with Crippen LogP contribution in [-0.4, -0.2) is 57.2 Å². The van der Waals surface area contributed by atoms with Gasteiger partial charge in [0.2, 0.25) is 0 Å². The number of carbonyl (C=O) groups is 1. The molecule has 6 heteroatoms. The van der Waals surface area contributed by atoms with Gasteiger partial charge in [0.05, 0.1) is 17.7 Å². The highest BCUT2D eigenvalue weighted by Crippen LogP contribution is 2.28. The van der Waals surface area contributed by atoms with E-state index in [0.29, 0.717) is 0 Å². The molecular weight excluding hydrogens is 358 g/mol. The van der Waals surface area contributed by atoms with E-state index in [1.807, 2.05) is 30.5 Å². The van der Waals surface area contributed by atoms with Crippen molar-refractivity contribution in [1.82, 2.24) is 10.2 Å². The highest BCUT2D eigenvalue weighted by atomic mass is 32.1. The van der Waals surface area contributed by atoms with E-state index in [0.717, 1.165) is 68.3 Å². The molecule has 5 nitrogen and oxygen atoms in total. The molecule has 2 aromatic rings. The number of ether oxygens (including phenoxy) is 1. The molecule has 0 saturated carbocycles. The lowest BCUT2D eigenvalue weighted by atomic mass is 10.2. The van der Waals surface area contributed by atoms with Gasteiger partial charge in [0, 0.05) is 32.7 Å². The zero-order valence-corrected chi connectivity index (χ0v) is 17.1. The van der Waals surface area contributed by atoms with Crippen molar-refractivity contribution in [2.45, 2.75) is 19.8 Å². The Morgan fingerprint density at radius 2 is 1.93 bits per heavy atom. The number of unbranched alkanes of at least 4 members (excludes halogenated alkanes) is 1. The highest BCUT2D eigenvalue weighted by Gasteiger charge is 2.19. The first-order valence-corrected chi connectivity index (χ1v) is 10.5. The predicted molar refractivity (Wildman–Crippen MR) is 112 cm³/mol. The Labute approximate surface area is 165 Å². The summed E-state index contributed by atoms with van der Waals surface area (Å²) in [5.74, 6) is 1.01. The summed E-state index contributed by atoms with van der Waals surface area (Å²) in [6, 6.07) is 10.2. The van der Waals surface area contributed by atoms with Gasteiger partial charge in [-0.25, -0.2) is 0 Å². The van der Waals surface area contributed by atoms with Crippen LogP contribution in [-0.2, 0) is 0 Å². The summed E-state index contributed by atoms with van der Waals surface area (Å²) in [7, 11) is 1.73. The van der Waals surface area contributed by atoms with Crippen LogP contribution in [0.4, 0.5) is 5.69 Å². The molecule has 1 aliphatic heterocycles. The SMILES string of the molecule is COc1ccccc1N1CCN(CCCCNC(=O)c2sccc2C)CC1. The number of anilines is 1. The molecule has 1 saturated heterocycles. The summed E-state index contributed by atoms with van der Waals surface area (Å²) in [5, 5.41) is 5.00. The smallest absolute Gasteiger partial charge is 0.261 e. The molecule has 146 valence electrons. The van der Waals surface area contributed by atoms with Crippen LogP contribution in [0.15, 0.2) is 35.7 Å². The quantitative estimate of drug-likeness (QED) is 0.705. The van der Waals surface area contributed by atoms with Crippen LogP contribution in [0.1, 0.15) is 28.1 Å². The van der Waals surface area contributed by atoms with Gasteiger partial charge in [-0.3, -0.25) is 9.69 Å². The fraction of sp³-hybridized carbons (Fsp3) is 0.476. The van der Waals surface area contributed by atoms with Gasteiger partial charge in [-0.2, -0.15) is 0 Å². The third-order valence-electron chi connectivity index (χ3n) is 5.05. The number of carbonyl (C=O) groups excluding carboxylic acids is 1. The molecule has 2 heterocycles. The van der Waals surface area contributed by atoms with Crippen molar-refractivity contribution in [3.63, 3.8) is 0 Å². The highest BCUT2D eigenvalue weighted by molar-refractivity contribution is 7.12. The average molecular weight is 388 g/mol. The van der Waals surface area contributed by atoms with Gasteiger partial charge in [0.15, 0.2) is 0 Å². The minimum Gasteiger partial charge on any atom is -0.495 e. The van der Waals surface area contributed by atoms with Gasteiger partial charge in [0.25, 0.3) is 5.91 Å². The number of nitrogens with zero attached hydrogens (tertiary/aromatic N) is 2. The van der Waals surface area contributed by atoms with E-state index >= 15 is 0 Å². The number of amides is 1. The molecule has 0 radical (unpaired) electrons. The number of rotatable bonds is 8. The summed E-state index contributed by atoms with van der Waals surface area (Å²) in [6.45, 7) is 8.00. The zero-order valence-electron chi connectivity index (χ0n) is 16.2. The molecule has 1 aromatic carbocycles. The molecule has 0 bridgehead atoms. The number of piperazine rings is 1. The molecular formula is C21H29N3O2S. The maximum absolute atomic E-state index is 12.1. The first-order chi connectivity index (χ1) is 13.2. The molecule has 1 aliphatic rings. The van der Waals surface area contributed by atoms with Gasteiger partial charge in [-0.1, -0.05) is 12.1 Å². The molecule has 0 atom stereocenters. The normalized spacial score (nSPS) is 15.0. The Morgan fingerprint density at radius 1 is 1.15 bits per heavy atom. The van der Waals surface area contributed by atoms with Crippen LogP contribution >= 0.6 is 11.3 Å². The van der Waals surface area contributed by atoms with Crippen molar-refractivity contribution in [3.05, 3.63) is 46.2 Å². The zero-order chi connectivity index (χ0) is 19.1. The summed E-state index contributed by atoms with van der Waals surface area (Å²) >= 11 is 1.51. The van der Waals surface area contributed by atoms with E-state index in [-0.39, 0.29) is 5.91 Å². The van der Waals surface area contributed by atoms with Crippen molar-refractivity contribution in [2.75, 3.05) is 51.3 Å². The number of benzene rings is 1. The largest absolute Gasteiger partial charge is 0.495 e. The lowest BCUT2D eigenvalue weighted by molar-refractivity contribution is 0.0956. The van der Waals surface area contributed by atoms with Gasteiger partial charge in [0.1, 0.15) is 5.75 Å². The number of nitrogens with one attached hydrogen (secondary N) is 1. The van der Waals surface area contributed by atoms with Crippen molar-refractivity contribution in [1.29, 1.82) is 0 Å². The fourth-order valence-electron chi connectivity index (χ4n) is 3.45. The van der Waals surface area contributed by atoms with Gasteiger partial charge in [-0.05, 0) is 55.5 Å². The first-order valence-electron chi connectivity index (χ1n) is 9.61. The Balaban J connectivity index is 1.33. The third-order valence-corrected chi connectivity index (χ3v) is 6.07. The monoisotopic (exact) mass is 387 g/mol. The molecule has 1 amide bonds. The molecule has 1 aromatic heterocycles. The Kier molecular flexibility index (Phi) is 7.12. The summed E-state index contributed by atoms with van der Waals surface area (Å²) < 4.78 is 5.48. The second-order valence-electron chi connectivity index (χ2n) is 6.90. The molecule has 0 unspecified atom stereocenters. The van der Waals surface area contributed by atoms with Crippen LogP contribution in [0.2, 0.25) is 0 Å². The van der Waals surface area contributed by atoms with E-state index < -0.39 is 0 Å². The number of methoxy groups -OCH3 is 1. The molecule has 27 heavy (non-hydrogen) atoms.